The van der Waals surface area contributed by atoms with Crippen LogP contribution in [0.15, 0.2) is 30.8 Å². The molecule has 17 heavy (non-hydrogen) atoms. The minimum atomic E-state index is -1.05. The number of hydrazine groups is 1. The molecule has 3 N–H and O–H groups in total. The molecule has 5 nitrogen and oxygen atoms in total. The van der Waals surface area contributed by atoms with Crippen molar-refractivity contribution in [2.24, 2.45) is 5.84 Å². The number of carbonyl (C=O) groups excluding carboxylic acids is 1. The van der Waals surface area contributed by atoms with Crippen molar-refractivity contribution in [2.75, 3.05) is 11.6 Å². The number of allylic oxidation sites excluding steroid dienone is 1. The van der Waals surface area contributed by atoms with Crippen LogP contribution in [0.25, 0.3) is 5.57 Å². The highest BCUT2D eigenvalue weighted by Gasteiger charge is 2.14. The molecule has 5 heteroatoms. The Hall–Kier alpha value is -2.14. The fraction of sp³-hybridized carbons (Fsp3) is 0.167. The number of carbonyl (C=O) groups is 2. The van der Waals surface area contributed by atoms with Gasteiger partial charge < -0.3 is 5.11 Å². The number of rotatable bonds is 5. The average molecular weight is 234 g/mol. The summed E-state index contributed by atoms with van der Waals surface area (Å²) in [4.78, 5) is 21.9. The van der Waals surface area contributed by atoms with E-state index in [2.05, 4.69) is 6.58 Å². The molecule has 0 amide bonds. The maximum atomic E-state index is 11.3. The van der Waals surface area contributed by atoms with Gasteiger partial charge in [-0.1, -0.05) is 24.8 Å². The normalized spacial score (nSPS) is 9.76. The predicted molar refractivity (Wildman–Crippen MR) is 65.3 cm³/mol. The maximum Gasteiger partial charge on any atom is 0.324 e. The Bertz CT molecular complexity index is 469. The number of hydrogen-bond donors (Lipinski definition) is 2. The molecule has 0 fully saturated rings. The van der Waals surface area contributed by atoms with E-state index in [1.54, 1.807) is 24.3 Å². The number of anilines is 1. The molecule has 0 aliphatic heterocycles. The van der Waals surface area contributed by atoms with Crippen LogP contribution >= 0.6 is 0 Å². The molecule has 0 aromatic heterocycles. The molecule has 0 spiro atoms. The number of hydrogen-bond acceptors (Lipinski definition) is 4. The number of Topliss-reactive ketones (excluding diaryl/α,β-unsaturated/α-hetero) is 1. The zero-order valence-corrected chi connectivity index (χ0v) is 9.51. The minimum absolute atomic E-state index is 0.179. The Morgan fingerprint density at radius 3 is 2.53 bits per heavy atom. The molecule has 0 heterocycles. The summed E-state index contributed by atoms with van der Waals surface area (Å²) in [7, 11) is 0. The van der Waals surface area contributed by atoms with Gasteiger partial charge >= 0.3 is 5.97 Å². The van der Waals surface area contributed by atoms with Crippen molar-refractivity contribution in [1.82, 2.24) is 0 Å². The first kappa shape index (κ1) is 12.9. The number of aliphatic carboxylic acids is 1. The molecule has 0 atom stereocenters. The minimum Gasteiger partial charge on any atom is -0.480 e. The van der Waals surface area contributed by atoms with E-state index in [1.807, 2.05) is 0 Å². The molecule has 90 valence electrons. The summed E-state index contributed by atoms with van der Waals surface area (Å²) in [5, 5.41) is 9.75. The molecule has 0 aliphatic rings. The van der Waals surface area contributed by atoms with E-state index < -0.39 is 5.97 Å². The van der Waals surface area contributed by atoms with E-state index in [0.717, 1.165) is 5.01 Å². The van der Waals surface area contributed by atoms with E-state index in [-0.39, 0.29) is 12.3 Å². The quantitative estimate of drug-likeness (QED) is 0.452. The van der Waals surface area contributed by atoms with Crippen LogP contribution in [0.1, 0.15) is 12.5 Å². The van der Waals surface area contributed by atoms with Gasteiger partial charge in [-0.05, 0) is 13.0 Å². The third kappa shape index (κ3) is 3.15. The van der Waals surface area contributed by atoms with Gasteiger partial charge in [-0.2, -0.15) is 0 Å². The summed E-state index contributed by atoms with van der Waals surface area (Å²) >= 11 is 0. The molecule has 1 aromatic carbocycles. The fourth-order valence-corrected chi connectivity index (χ4v) is 1.40. The number of para-hydroxylation sites is 1. The Balaban J connectivity index is 3.11. The second-order valence-corrected chi connectivity index (χ2v) is 3.57. The summed E-state index contributed by atoms with van der Waals surface area (Å²) < 4.78 is 0. The van der Waals surface area contributed by atoms with Gasteiger partial charge in [-0.3, -0.25) is 14.6 Å². The van der Waals surface area contributed by atoms with Gasteiger partial charge in [0.15, 0.2) is 5.78 Å². The molecular formula is C12H14N2O3. The number of ketones is 1. The summed E-state index contributed by atoms with van der Waals surface area (Å²) in [6.45, 7) is 4.72. The summed E-state index contributed by atoms with van der Waals surface area (Å²) in [6.07, 6.45) is 0. The molecule has 0 unspecified atom stereocenters. The van der Waals surface area contributed by atoms with Gasteiger partial charge in [-0.15, -0.1) is 0 Å². The topological polar surface area (TPSA) is 83.6 Å². The van der Waals surface area contributed by atoms with E-state index in [1.165, 1.54) is 6.92 Å². The van der Waals surface area contributed by atoms with Crippen LogP contribution in [0, 0.1) is 0 Å². The van der Waals surface area contributed by atoms with Crippen LogP contribution in [0.5, 0.6) is 0 Å². The van der Waals surface area contributed by atoms with Crippen LogP contribution in [0.4, 0.5) is 5.69 Å². The van der Waals surface area contributed by atoms with Crippen LogP contribution < -0.4 is 10.9 Å². The van der Waals surface area contributed by atoms with Gasteiger partial charge in [0.25, 0.3) is 0 Å². The largest absolute Gasteiger partial charge is 0.480 e. The van der Waals surface area contributed by atoms with E-state index in [4.69, 9.17) is 10.9 Å². The highest BCUT2D eigenvalue weighted by Crippen LogP contribution is 2.24. The Morgan fingerprint density at radius 1 is 1.41 bits per heavy atom. The van der Waals surface area contributed by atoms with Crippen molar-refractivity contribution in [3.8, 4) is 0 Å². The molecule has 0 saturated carbocycles. The molecule has 0 bridgehead atoms. The lowest BCUT2D eigenvalue weighted by Crippen LogP contribution is -2.36. The van der Waals surface area contributed by atoms with Gasteiger partial charge in [0, 0.05) is 11.1 Å². The average Bonchev–Trinajstić information content (AvgIpc) is 2.27. The summed E-state index contributed by atoms with van der Waals surface area (Å²) in [6, 6.07) is 6.78. The molecule has 1 aromatic rings. The summed E-state index contributed by atoms with van der Waals surface area (Å²) in [5.74, 6) is 4.41. The third-order valence-electron chi connectivity index (χ3n) is 2.27. The van der Waals surface area contributed by atoms with Crippen molar-refractivity contribution >= 4 is 23.0 Å². The first-order valence-electron chi connectivity index (χ1n) is 4.96. The fourth-order valence-electron chi connectivity index (χ4n) is 1.40. The summed E-state index contributed by atoms with van der Waals surface area (Å²) in [5.41, 5.74) is 1.32. The first-order chi connectivity index (χ1) is 7.93. The highest BCUT2D eigenvalue weighted by molar-refractivity contribution is 6.20. The maximum absolute atomic E-state index is 11.3. The van der Waals surface area contributed by atoms with Crippen LogP contribution in [-0.2, 0) is 9.59 Å². The molecule has 1 rings (SSSR count). The number of carboxylic acid groups (broad SMARTS) is 1. The van der Waals surface area contributed by atoms with E-state index in [0.29, 0.717) is 16.8 Å². The smallest absolute Gasteiger partial charge is 0.324 e. The highest BCUT2D eigenvalue weighted by atomic mass is 16.4. The van der Waals surface area contributed by atoms with Crippen LogP contribution in [0.3, 0.4) is 0 Å². The Kier molecular flexibility index (Phi) is 4.01. The van der Waals surface area contributed by atoms with Crippen molar-refractivity contribution < 1.29 is 14.7 Å². The second-order valence-electron chi connectivity index (χ2n) is 3.57. The van der Waals surface area contributed by atoms with Crippen LogP contribution in [-0.4, -0.2) is 23.4 Å². The Morgan fingerprint density at radius 2 is 2.00 bits per heavy atom. The zero-order chi connectivity index (χ0) is 13.0. The van der Waals surface area contributed by atoms with Gasteiger partial charge in [0.1, 0.15) is 6.54 Å². The second kappa shape index (κ2) is 5.27. The van der Waals surface area contributed by atoms with Gasteiger partial charge in [0.05, 0.1) is 5.69 Å². The van der Waals surface area contributed by atoms with Gasteiger partial charge in [-0.25, -0.2) is 5.84 Å². The number of benzene rings is 1. The zero-order valence-electron chi connectivity index (χ0n) is 9.51. The Labute approximate surface area is 99.1 Å². The first-order valence-corrected chi connectivity index (χ1v) is 4.96. The van der Waals surface area contributed by atoms with E-state index >= 15 is 0 Å². The third-order valence-corrected chi connectivity index (χ3v) is 2.27. The molecule has 0 saturated heterocycles. The number of carboxylic acids is 1. The lowest BCUT2D eigenvalue weighted by atomic mass is 10.0. The lowest BCUT2D eigenvalue weighted by molar-refractivity contribution is -0.135. The molecule has 0 aliphatic carbocycles. The number of nitrogens with two attached hydrogens (primary N) is 1. The van der Waals surface area contributed by atoms with Crippen molar-refractivity contribution in [3.63, 3.8) is 0 Å². The van der Waals surface area contributed by atoms with Gasteiger partial charge in [0.2, 0.25) is 0 Å². The monoisotopic (exact) mass is 234 g/mol. The van der Waals surface area contributed by atoms with Crippen molar-refractivity contribution in [1.29, 1.82) is 0 Å². The van der Waals surface area contributed by atoms with Crippen molar-refractivity contribution in [3.05, 3.63) is 36.4 Å². The van der Waals surface area contributed by atoms with E-state index in [9.17, 15) is 9.59 Å². The lowest BCUT2D eigenvalue weighted by Gasteiger charge is -2.20. The van der Waals surface area contributed by atoms with Crippen LogP contribution in [0.2, 0.25) is 0 Å². The number of nitrogens with zero attached hydrogens (tertiary/aromatic N) is 1. The molecular weight excluding hydrogens is 220 g/mol. The van der Waals surface area contributed by atoms with Crippen molar-refractivity contribution in [2.45, 2.75) is 6.92 Å². The standard InChI is InChI=1S/C12H14N2O3/c1-8(9(2)15)10-5-3-4-6-11(10)14(13)7-12(16)17/h3-6H,1,7,13H2,2H3,(H,16,17). The SMILES string of the molecule is C=C(C(C)=O)c1ccccc1N(N)CC(=O)O. The predicted octanol–water partition coefficient (Wildman–Crippen LogP) is 1.05. The molecule has 0 radical (unpaired) electrons.